The summed E-state index contributed by atoms with van der Waals surface area (Å²) in [5.41, 5.74) is 0.786. The Kier molecular flexibility index (Phi) is 2.97. The van der Waals surface area contributed by atoms with E-state index < -0.39 is 0 Å². The second-order valence-corrected chi connectivity index (χ2v) is 4.70. The quantitative estimate of drug-likeness (QED) is 0.692. The van der Waals surface area contributed by atoms with Crippen molar-refractivity contribution in [2.45, 2.75) is 0 Å². The van der Waals surface area contributed by atoms with Crippen molar-refractivity contribution in [3.63, 3.8) is 0 Å². The molecule has 0 saturated heterocycles. The average molecular weight is 292 g/mol. The molecule has 6 heteroatoms. The number of aromatic nitrogens is 3. The Hall–Kier alpha value is -1.91. The highest BCUT2D eigenvalue weighted by Gasteiger charge is 2.11. The van der Waals surface area contributed by atoms with Crippen molar-refractivity contribution < 1.29 is 0 Å². The molecule has 0 unspecified atom stereocenters. The van der Waals surface area contributed by atoms with Crippen molar-refractivity contribution in [1.29, 1.82) is 0 Å². The SMILES string of the molecule is O=c1c2cncnc2ccn1-c1c(Cl)cccc1Cl. The lowest BCUT2D eigenvalue weighted by Crippen LogP contribution is -2.18. The van der Waals surface area contributed by atoms with Crippen LogP contribution in [0.4, 0.5) is 0 Å². The number of nitrogens with zero attached hydrogens (tertiary/aromatic N) is 3. The molecule has 0 bridgehead atoms. The molecule has 3 rings (SSSR count). The number of hydrogen-bond acceptors (Lipinski definition) is 3. The van der Waals surface area contributed by atoms with Crippen LogP contribution in [0.25, 0.3) is 16.6 Å². The van der Waals surface area contributed by atoms with Crippen molar-refractivity contribution in [2.24, 2.45) is 0 Å². The van der Waals surface area contributed by atoms with Gasteiger partial charge in [0.1, 0.15) is 6.33 Å². The van der Waals surface area contributed by atoms with Crippen LogP contribution in [0.5, 0.6) is 0 Å². The first-order valence-electron chi connectivity index (χ1n) is 5.44. The van der Waals surface area contributed by atoms with Gasteiger partial charge in [0.05, 0.1) is 26.6 Å². The number of benzene rings is 1. The number of hydrogen-bond donors (Lipinski definition) is 0. The van der Waals surface area contributed by atoms with Crippen molar-refractivity contribution in [3.8, 4) is 5.69 Å². The molecular formula is C13H7Cl2N3O. The molecule has 19 heavy (non-hydrogen) atoms. The lowest BCUT2D eigenvalue weighted by molar-refractivity contribution is 1.00. The molecule has 0 radical (unpaired) electrons. The Bertz CT molecular complexity index is 809. The fourth-order valence-electron chi connectivity index (χ4n) is 1.87. The molecule has 0 atom stereocenters. The molecule has 0 aliphatic rings. The molecule has 0 amide bonds. The van der Waals surface area contributed by atoms with Crippen molar-refractivity contribution >= 4 is 34.1 Å². The third kappa shape index (κ3) is 1.99. The van der Waals surface area contributed by atoms with E-state index in [2.05, 4.69) is 9.97 Å². The van der Waals surface area contributed by atoms with Gasteiger partial charge in [-0.3, -0.25) is 9.36 Å². The van der Waals surface area contributed by atoms with Gasteiger partial charge in [-0.15, -0.1) is 0 Å². The summed E-state index contributed by atoms with van der Waals surface area (Å²) in [7, 11) is 0. The third-order valence-corrected chi connectivity index (χ3v) is 3.36. The summed E-state index contributed by atoms with van der Waals surface area (Å²) in [5.74, 6) is 0. The minimum atomic E-state index is -0.256. The zero-order valence-electron chi connectivity index (χ0n) is 9.55. The molecule has 0 N–H and O–H groups in total. The van der Waals surface area contributed by atoms with Crippen LogP contribution in [-0.2, 0) is 0 Å². The number of para-hydroxylation sites is 1. The number of rotatable bonds is 1. The second kappa shape index (κ2) is 4.64. The van der Waals surface area contributed by atoms with Crippen LogP contribution in [0.15, 0.2) is 47.8 Å². The topological polar surface area (TPSA) is 47.8 Å². The van der Waals surface area contributed by atoms with Crippen LogP contribution in [0.3, 0.4) is 0 Å². The normalized spacial score (nSPS) is 10.8. The van der Waals surface area contributed by atoms with E-state index in [0.717, 1.165) is 0 Å². The van der Waals surface area contributed by atoms with Crippen LogP contribution in [0.1, 0.15) is 0 Å². The van der Waals surface area contributed by atoms with E-state index in [-0.39, 0.29) is 5.56 Å². The van der Waals surface area contributed by atoms with E-state index in [1.54, 1.807) is 30.5 Å². The molecule has 0 saturated carbocycles. The van der Waals surface area contributed by atoms with Gasteiger partial charge in [-0.1, -0.05) is 29.3 Å². The van der Waals surface area contributed by atoms with Gasteiger partial charge in [-0.25, -0.2) is 9.97 Å². The van der Waals surface area contributed by atoms with Gasteiger partial charge in [0.25, 0.3) is 5.56 Å². The Morgan fingerprint density at radius 3 is 2.58 bits per heavy atom. The Balaban J connectivity index is 2.39. The number of fused-ring (bicyclic) bond motifs is 1. The minimum Gasteiger partial charge on any atom is -0.281 e. The molecule has 0 aliphatic carbocycles. The Morgan fingerprint density at radius 1 is 1.11 bits per heavy atom. The van der Waals surface area contributed by atoms with Gasteiger partial charge in [0, 0.05) is 12.4 Å². The van der Waals surface area contributed by atoms with Gasteiger partial charge in [-0.05, 0) is 18.2 Å². The predicted molar refractivity (Wildman–Crippen MR) is 75.2 cm³/mol. The standard InChI is InChI=1S/C13H7Cl2N3O/c14-9-2-1-3-10(15)12(9)18-5-4-11-8(13(18)19)6-16-7-17-11/h1-7H. The van der Waals surface area contributed by atoms with Gasteiger partial charge in [-0.2, -0.15) is 0 Å². The first-order valence-corrected chi connectivity index (χ1v) is 6.20. The van der Waals surface area contributed by atoms with Crippen molar-refractivity contribution in [3.05, 3.63) is 63.4 Å². The number of halogens is 2. The maximum Gasteiger partial charge on any atom is 0.266 e. The summed E-state index contributed by atoms with van der Waals surface area (Å²) in [6.45, 7) is 0. The maximum absolute atomic E-state index is 12.4. The van der Waals surface area contributed by atoms with E-state index in [9.17, 15) is 4.79 Å². The summed E-state index contributed by atoms with van der Waals surface area (Å²) in [6.07, 6.45) is 4.48. The fraction of sp³-hybridized carbons (Fsp3) is 0. The monoisotopic (exact) mass is 291 g/mol. The largest absolute Gasteiger partial charge is 0.281 e. The van der Waals surface area contributed by atoms with Gasteiger partial charge >= 0.3 is 0 Å². The summed E-state index contributed by atoms with van der Waals surface area (Å²) in [6, 6.07) is 6.81. The van der Waals surface area contributed by atoms with E-state index in [1.165, 1.54) is 17.1 Å². The lowest BCUT2D eigenvalue weighted by Gasteiger charge is -2.10. The van der Waals surface area contributed by atoms with Crippen LogP contribution in [0, 0.1) is 0 Å². The summed E-state index contributed by atoms with van der Waals surface area (Å²) in [5, 5.41) is 1.23. The van der Waals surface area contributed by atoms with Crippen LogP contribution in [-0.4, -0.2) is 14.5 Å². The molecule has 94 valence electrons. The third-order valence-electron chi connectivity index (χ3n) is 2.75. The highest BCUT2D eigenvalue weighted by molar-refractivity contribution is 6.37. The van der Waals surface area contributed by atoms with E-state index in [1.807, 2.05) is 0 Å². The number of pyridine rings is 1. The zero-order valence-corrected chi connectivity index (χ0v) is 11.1. The fourth-order valence-corrected chi connectivity index (χ4v) is 2.45. The Morgan fingerprint density at radius 2 is 1.84 bits per heavy atom. The first-order chi connectivity index (χ1) is 9.18. The van der Waals surface area contributed by atoms with E-state index in [4.69, 9.17) is 23.2 Å². The predicted octanol–water partition coefficient (Wildman–Crippen LogP) is 3.09. The molecule has 1 aromatic carbocycles. The first kappa shape index (κ1) is 12.1. The van der Waals surface area contributed by atoms with Crippen molar-refractivity contribution in [2.75, 3.05) is 0 Å². The second-order valence-electron chi connectivity index (χ2n) is 3.88. The molecule has 2 aromatic heterocycles. The highest BCUT2D eigenvalue weighted by atomic mass is 35.5. The van der Waals surface area contributed by atoms with E-state index >= 15 is 0 Å². The van der Waals surface area contributed by atoms with Gasteiger partial charge < -0.3 is 0 Å². The molecule has 2 heterocycles. The summed E-state index contributed by atoms with van der Waals surface area (Å²) in [4.78, 5) is 20.3. The molecular weight excluding hydrogens is 285 g/mol. The molecule has 0 spiro atoms. The van der Waals surface area contributed by atoms with Crippen LogP contribution in [0.2, 0.25) is 10.0 Å². The minimum absolute atomic E-state index is 0.256. The lowest BCUT2D eigenvalue weighted by atomic mass is 10.2. The maximum atomic E-state index is 12.4. The van der Waals surface area contributed by atoms with Crippen molar-refractivity contribution in [1.82, 2.24) is 14.5 Å². The highest BCUT2D eigenvalue weighted by Crippen LogP contribution is 2.27. The Labute approximate surface area is 118 Å². The smallest absolute Gasteiger partial charge is 0.266 e. The summed E-state index contributed by atoms with van der Waals surface area (Å²) < 4.78 is 1.40. The molecule has 0 fully saturated rings. The zero-order chi connectivity index (χ0) is 13.4. The summed E-state index contributed by atoms with van der Waals surface area (Å²) >= 11 is 12.2. The van der Waals surface area contributed by atoms with Crippen LogP contribution >= 0.6 is 23.2 Å². The molecule has 0 aliphatic heterocycles. The van der Waals surface area contributed by atoms with Crippen LogP contribution < -0.4 is 5.56 Å². The molecule has 4 nitrogen and oxygen atoms in total. The molecule has 3 aromatic rings. The van der Waals surface area contributed by atoms with Gasteiger partial charge in [0.2, 0.25) is 0 Å². The van der Waals surface area contributed by atoms with E-state index in [0.29, 0.717) is 26.6 Å². The van der Waals surface area contributed by atoms with Gasteiger partial charge in [0.15, 0.2) is 0 Å². The average Bonchev–Trinajstić information content (AvgIpc) is 2.41.